The van der Waals surface area contributed by atoms with E-state index in [-0.39, 0.29) is 0 Å². The summed E-state index contributed by atoms with van der Waals surface area (Å²) in [6.07, 6.45) is 7.69. The van der Waals surface area contributed by atoms with Gasteiger partial charge in [0.2, 0.25) is 5.88 Å². The van der Waals surface area contributed by atoms with Crippen LogP contribution < -0.4 is 4.74 Å². The molecular formula is C13H19ClN2O. The lowest BCUT2D eigenvalue weighted by molar-refractivity contribution is 0.174. The van der Waals surface area contributed by atoms with Gasteiger partial charge in [-0.05, 0) is 39.5 Å². The highest BCUT2D eigenvalue weighted by Gasteiger charge is 2.17. The van der Waals surface area contributed by atoms with Crippen LogP contribution in [0.15, 0.2) is 0 Å². The Morgan fingerprint density at radius 3 is 2.35 bits per heavy atom. The second-order valence-electron chi connectivity index (χ2n) is 4.72. The van der Waals surface area contributed by atoms with Gasteiger partial charge in [0.25, 0.3) is 0 Å². The van der Waals surface area contributed by atoms with Crippen LogP contribution in [-0.4, -0.2) is 16.1 Å². The zero-order valence-electron chi connectivity index (χ0n) is 10.5. The third-order valence-electron chi connectivity index (χ3n) is 3.23. The molecule has 0 aromatic carbocycles. The normalized spacial score (nSPS) is 17.8. The van der Waals surface area contributed by atoms with Crippen molar-refractivity contribution in [3.63, 3.8) is 0 Å². The van der Waals surface area contributed by atoms with Gasteiger partial charge in [-0.1, -0.05) is 24.4 Å². The molecular weight excluding hydrogens is 236 g/mol. The van der Waals surface area contributed by atoms with Gasteiger partial charge in [-0.3, -0.25) is 0 Å². The van der Waals surface area contributed by atoms with E-state index in [9.17, 15) is 0 Å². The van der Waals surface area contributed by atoms with Crippen LogP contribution in [0.25, 0.3) is 0 Å². The average Bonchev–Trinajstić information content (AvgIpc) is 2.54. The Bertz CT molecular complexity index is 387. The Balaban J connectivity index is 2.11. The van der Waals surface area contributed by atoms with E-state index in [1.54, 1.807) is 0 Å². The average molecular weight is 255 g/mol. The van der Waals surface area contributed by atoms with Crippen molar-refractivity contribution >= 4 is 11.6 Å². The standard InChI is InChI=1S/C13H19ClN2O/c1-9-12(14)15-10(2)16-13(9)17-11-7-5-3-4-6-8-11/h11H,3-8H2,1-2H3. The Labute approximate surface area is 108 Å². The van der Waals surface area contributed by atoms with Crippen LogP contribution in [0.2, 0.25) is 5.15 Å². The molecule has 0 aliphatic heterocycles. The maximum absolute atomic E-state index is 6.04. The molecule has 0 amide bonds. The van der Waals surface area contributed by atoms with Crippen molar-refractivity contribution in [2.75, 3.05) is 0 Å². The fourth-order valence-corrected chi connectivity index (χ4v) is 2.41. The van der Waals surface area contributed by atoms with Gasteiger partial charge in [-0.25, -0.2) is 4.98 Å². The molecule has 3 nitrogen and oxygen atoms in total. The lowest BCUT2D eigenvalue weighted by Crippen LogP contribution is -2.17. The van der Waals surface area contributed by atoms with E-state index in [1.807, 2.05) is 13.8 Å². The first-order valence-corrected chi connectivity index (χ1v) is 6.72. The van der Waals surface area contributed by atoms with Crippen molar-refractivity contribution in [2.45, 2.75) is 58.5 Å². The molecule has 0 spiro atoms. The summed E-state index contributed by atoms with van der Waals surface area (Å²) >= 11 is 6.04. The molecule has 2 rings (SSSR count). The van der Waals surface area contributed by atoms with E-state index in [1.165, 1.54) is 25.7 Å². The van der Waals surface area contributed by atoms with Crippen LogP contribution in [0.4, 0.5) is 0 Å². The minimum atomic E-state index is 0.293. The SMILES string of the molecule is Cc1nc(Cl)c(C)c(OC2CCCCCC2)n1. The number of nitrogens with zero attached hydrogens (tertiary/aromatic N) is 2. The van der Waals surface area contributed by atoms with Gasteiger partial charge in [0.15, 0.2) is 0 Å². The van der Waals surface area contributed by atoms with E-state index in [0.717, 1.165) is 18.4 Å². The van der Waals surface area contributed by atoms with Crippen LogP contribution in [0.3, 0.4) is 0 Å². The molecule has 4 heteroatoms. The summed E-state index contributed by atoms with van der Waals surface area (Å²) in [5.41, 5.74) is 0.849. The summed E-state index contributed by atoms with van der Waals surface area (Å²) < 4.78 is 5.99. The van der Waals surface area contributed by atoms with E-state index in [4.69, 9.17) is 16.3 Å². The molecule has 1 saturated carbocycles. The molecule has 0 bridgehead atoms. The molecule has 0 N–H and O–H groups in total. The fourth-order valence-electron chi connectivity index (χ4n) is 2.20. The van der Waals surface area contributed by atoms with Crippen molar-refractivity contribution in [1.82, 2.24) is 9.97 Å². The number of hydrogen-bond donors (Lipinski definition) is 0. The molecule has 1 heterocycles. The lowest BCUT2D eigenvalue weighted by atomic mass is 10.1. The van der Waals surface area contributed by atoms with Gasteiger partial charge in [0.1, 0.15) is 17.1 Å². The van der Waals surface area contributed by atoms with Gasteiger partial charge in [-0.2, -0.15) is 4.98 Å². The first kappa shape index (κ1) is 12.6. The Kier molecular flexibility index (Phi) is 4.21. The zero-order chi connectivity index (χ0) is 12.3. The van der Waals surface area contributed by atoms with Crippen molar-refractivity contribution in [1.29, 1.82) is 0 Å². The minimum Gasteiger partial charge on any atom is -0.474 e. The minimum absolute atomic E-state index is 0.293. The number of hydrogen-bond acceptors (Lipinski definition) is 3. The van der Waals surface area contributed by atoms with Gasteiger partial charge in [0, 0.05) is 5.56 Å². The maximum atomic E-state index is 6.04. The Morgan fingerprint density at radius 2 is 1.71 bits per heavy atom. The van der Waals surface area contributed by atoms with Crippen LogP contribution >= 0.6 is 11.6 Å². The maximum Gasteiger partial charge on any atom is 0.221 e. The summed E-state index contributed by atoms with van der Waals surface area (Å²) in [5.74, 6) is 1.33. The quantitative estimate of drug-likeness (QED) is 0.594. The molecule has 17 heavy (non-hydrogen) atoms. The third-order valence-corrected chi connectivity index (χ3v) is 3.60. The smallest absolute Gasteiger partial charge is 0.221 e. The van der Waals surface area contributed by atoms with Gasteiger partial charge in [-0.15, -0.1) is 0 Å². The molecule has 1 fully saturated rings. The molecule has 0 radical (unpaired) electrons. The van der Waals surface area contributed by atoms with E-state index >= 15 is 0 Å². The summed E-state index contributed by atoms with van der Waals surface area (Å²) in [6.45, 7) is 3.75. The number of halogens is 1. The highest BCUT2D eigenvalue weighted by atomic mass is 35.5. The van der Waals surface area contributed by atoms with Crippen LogP contribution in [0.1, 0.15) is 49.9 Å². The second-order valence-corrected chi connectivity index (χ2v) is 5.08. The monoisotopic (exact) mass is 254 g/mol. The molecule has 1 aliphatic carbocycles. The largest absolute Gasteiger partial charge is 0.474 e. The molecule has 1 aromatic rings. The van der Waals surface area contributed by atoms with Crippen LogP contribution in [0, 0.1) is 13.8 Å². The first-order valence-electron chi connectivity index (χ1n) is 6.34. The first-order chi connectivity index (χ1) is 8.16. The molecule has 0 atom stereocenters. The molecule has 1 aromatic heterocycles. The predicted molar refractivity (Wildman–Crippen MR) is 68.6 cm³/mol. The number of aryl methyl sites for hydroxylation is 1. The van der Waals surface area contributed by atoms with E-state index in [0.29, 0.717) is 23.0 Å². The number of ether oxygens (including phenoxy) is 1. The van der Waals surface area contributed by atoms with E-state index in [2.05, 4.69) is 9.97 Å². The summed E-state index contributed by atoms with van der Waals surface area (Å²) in [6, 6.07) is 0. The van der Waals surface area contributed by atoms with Gasteiger partial charge in [0.05, 0.1) is 0 Å². The van der Waals surface area contributed by atoms with Gasteiger partial charge < -0.3 is 4.74 Å². The lowest BCUT2D eigenvalue weighted by Gasteiger charge is -2.18. The van der Waals surface area contributed by atoms with Crippen molar-refractivity contribution in [3.8, 4) is 5.88 Å². The fraction of sp³-hybridized carbons (Fsp3) is 0.692. The van der Waals surface area contributed by atoms with Crippen molar-refractivity contribution in [2.24, 2.45) is 0 Å². The number of aromatic nitrogens is 2. The summed E-state index contributed by atoms with van der Waals surface area (Å²) in [7, 11) is 0. The molecule has 94 valence electrons. The van der Waals surface area contributed by atoms with Crippen molar-refractivity contribution in [3.05, 3.63) is 16.5 Å². The van der Waals surface area contributed by atoms with Crippen LogP contribution in [0.5, 0.6) is 5.88 Å². The molecule has 1 aliphatic rings. The Hall–Kier alpha value is -0.830. The van der Waals surface area contributed by atoms with Gasteiger partial charge >= 0.3 is 0 Å². The highest BCUT2D eigenvalue weighted by Crippen LogP contribution is 2.26. The molecule has 0 saturated heterocycles. The second kappa shape index (κ2) is 5.67. The number of rotatable bonds is 2. The zero-order valence-corrected chi connectivity index (χ0v) is 11.3. The van der Waals surface area contributed by atoms with Crippen LogP contribution in [-0.2, 0) is 0 Å². The topological polar surface area (TPSA) is 35.0 Å². The predicted octanol–water partition coefficient (Wildman–Crippen LogP) is 3.85. The molecule has 0 unspecified atom stereocenters. The summed E-state index contributed by atoms with van der Waals surface area (Å²) in [4.78, 5) is 8.46. The highest BCUT2D eigenvalue weighted by molar-refractivity contribution is 6.30. The summed E-state index contributed by atoms with van der Waals surface area (Å²) in [5, 5.41) is 0.501. The van der Waals surface area contributed by atoms with Crippen molar-refractivity contribution < 1.29 is 4.74 Å². The third kappa shape index (κ3) is 3.32. The van der Waals surface area contributed by atoms with E-state index < -0.39 is 0 Å². The Morgan fingerprint density at radius 1 is 1.06 bits per heavy atom.